The minimum absolute atomic E-state index is 0.0815. The van der Waals surface area contributed by atoms with Crippen LogP contribution in [0.3, 0.4) is 0 Å². The van der Waals surface area contributed by atoms with Gasteiger partial charge in [-0.15, -0.1) is 0 Å². The highest BCUT2D eigenvalue weighted by molar-refractivity contribution is 5.85. The molecule has 1 unspecified atom stereocenters. The standard InChI is InChI=1S/C12H19N5O2/c1-8(2)15-11(18)9-7-19-6-5-17(9)12-14-4-3-10(13)16-12/h3-4,8-9H,5-7H2,1-2H3,(H,15,18)(H2,13,14,16). The molecule has 0 radical (unpaired) electrons. The van der Waals surface area contributed by atoms with E-state index in [1.54, 1.807) is 12.3 Å². The van der Waals surface area contributed by atoms with Gasteiger partial charge in [0, 0.05) is 18.8 Å². The minimum Gasteiger partial charge on any atom is -0.384 e. The van der Waals surface area contributed by atoms with Crippen LogP contribution in [0.4, 0.5) is 11.8 Å². The zero-order chi connectivity index (χ0) is 13.8. The highest BCUT2D eigenvalue weighted by atomic mass is 16.5. The summed E-state index contributed by atoms with van der Waals surface area (Å²) in [4.78, 5) is 22.3. The Morgan fingerprint density at radius 1 is 1.63 bits per heavy atom. The second-order valence-electron chi connectivity index (χ2n) is 4.73. The Balaban J connectivity index is 2.18. The molecule has 1 aromatic heterocycles. The summed E-state index contributed by atoms with van der Waals surface area (Å²) in [6.07, 6.45) is 1.59. The number of nitrogens with two attached hydrogens (primary N) is 1. The van der Waals surface area contributed by atoms with Gasteiger partial charge in [-0.3, -0.25) is 4.79 Å². The maximum atomic E-state index is 12.2. The van der Waals surface area contributed by atoms with E-state index in [9.17, 15) is 4.79 Å². The monoisotopic (exact) mass is 265 g/mol. The molecule has 2 rings (SSSR count). The lowest BCUT2D eigenvalue weighted by molar-refractivity contribution is -0.125. The van der Waals surface area contributed by atoms with Crippen LogP contribution in [0, 0.1) is 0 Å². The van der Waals surface area contributed by atoms with Gasteiger partial charge in [0.05, 0.1) is 13.2 Å². The van der Waals surface area contributed by atoms with Crippen molar-refractivity contribution in [1.29, 1.82) is 0 Å². The van der Waals surface area contributed by atoms with Gasteiger partial charge in [-0.25, -0.2) is 4.98 Å². The van der Waals surface area contributed by atoms with Gasteiger partial charge in [0.1, 0.15) is 11.9 Å². The summed E-state index contributed by atoms with van der Waals surface area (Å²) in [5.74, 6) is 0.771. The Morgan fingerprint density at radius 3 is 3.11 bits per heavy atom. The minimum atomic E-state index is -0.419. The van der Waals surface area contributed by atoms with Crippen LogP contribution >= 0.6 is 0 Å². The lowest BCUT2D eigenvalue weighted by Crippen LogP contribution is -2.55. The Morgan fingerprint density at radius 2 is 2.42 bits per heavy atom. The maximum absolute atomic E-state index is 12.2. The van der Waals surface area contributed by atoms with Crippen molar-refractivity contribution in [3.8, 4) is 0 Å². The number of ether oxygens (including phenoxy) is 1. The van der Waals surface area contributed by atoms with E-state index in [4.69, 9.17) is 10.5 Å². The van der Waals surface area contributed by atoms with Crippen molar-refractivity contribution in [1.82, 2.24) is 15.3 Å². The molecule has 0 saturated carbocycles. The van der Waals surface area contributed by atoms with Crippen LogP contribution in [-0.2, 0) is 9.53 Å². The zero-order valence-electron chi connectivity index (χ0n) is 11.2. The second-order valence-corrected chi connectivity index (χ2v) is 4.73. The molecule has 104 valence electrons. The molecule has 0 spiro atoms. The predicted octanol–water partition coefficient (Wildman–Crippen LogP) is -0.211. The molecule has 7 nitrogen and oxygen atoms in total. The third-order valence-corrected chi connectivity index (χ3v) is 2.78. The number of hydrogen-bond donors (Lipinski definition) is 2. The molecule has 7 heteroatoms. The van der Waals surface area contributed by atoms with E-state index in [0.29, 0.717) is 31.5 Å². The fraction of sp³-hybridized carbons (Fsp3) is 0.583. The van der Waals surface area contributed by atoms with Crippen LogP contribution in [0.2, 0.25) is 0 Å². The molecule has 0 aliphatic carbocycles. The van der Waals surface area contributed by atoms with Gasteiger partial charge in [-0.2, -0.15) is 4.98 Å². The third-order valence-electron chi connectivity index (χ3n) is 2.78. The Labute approximate surface area is 112 Å². The van der Waals surface area contributed by atoms with Gasteiger partial charge >= 0.3 is 0 Å². The van der Waals surface area contributed by atoms with E-state index in [2.05, 4.69) is 15.3 Å². The van der Waals surface area contributed by atoms with Crippen LogP contribution < -0.4 is 16.0 Å². The average Bonchev–Trinajstić information content (AvgIpc) is 2.38. The highest BCUT2D eigenvalue weighted by Gasteiger charge is 2.31. The quantitative estimate of drug-likeness (QED) is 0.785. The van der Waals surface area contributed by atoms with Crippen molar-refractivity contribution in [3.05, 3.63) is 12.3 Å². The molecule has 2 heterocycles. The Kier molecular flexibility index (Phi) is 4.16. The first-order chi connectivity index (χ1) is 9.08. The van der Waals surface area contributed by atoms with Gasteiger partial charge in [0.25, 0.3) is 0 Å². The first-order valence-electron chi connectivity index (χ1n) is 6.31. The molecule has 0 bridgehead atoms. The number of morpholine rings is 1. The summed E-state index contributed by atoms with van der Waals surface area (Å²) in [5.41, 5.74) is 5.66. The Bertz CT molecular complexity index is 452. The molecule has 1 aliphatic heterocycles. The number of hydrogen-bond acceptors (Lipinski definition) is 6. The number of anilines is 2. The summed E-state index contributed by atoms with van der Waals surface area (Å²) < 4.78 is 5.38. The number of carbonyl (C=O) groups is 1. The van der Waals surface area contributed by atoms with Crippen molar-refractivity contribution in [2.45, 2.75) is 25.9 Å². The van der Waals surface area contributed by atoms with Crippen LogP contribution in [0.15, 0.2) is 12.3 Å². The summed E-state index contributed by atoms with van der Waals surface area (Å²) in [6.45, 7) is 5.28. The van der Waals surface area contributed by atoms with Crippen molar-refractivity contribution in [3.63, 3.8) is 0 Å². The van der Waals surface area contributed by atoms with E-state index in [1.165, 1.54) is 0 Å². The molecule has 19 heavy (non-hydrogen) atoms. The van der Waals surface area contributed by atoms with Crippen LogP contribution in [0.1, 0.15) is 13.8 Å². The number of nitrogens with zero attached hydrogens (tertiary/aromatic N) is 3. The van der Waals surface area contributed by atoms with Crippen molar-refractivity contribution >= 4 is 17.7 Å². The topological polar surface area (TPSA) is 93.4 Å². The molecular weight excluding hydrogens is 246 g/mol. The number of nitrogens with one attached hydrogen (secondary N) is 1. The number of amides is 1. The van der Waals surface area contributed by atoms with Gasteiger partial charge in [0.15, 0.2) is 0 Å². The van der Waals surface area contributed by atoms with Crippen LogP contribution in [0.5, 0.6) is 0 Å². The summed E-state index contributed by atoms with van der Waals surface area (Å²) in [6, 6.07) is 1.28. The van der Waals surface area contributed by atoms with Crippen molar-refractivity contribution < 1.29 is 9.53 Å². The normalized spacial score (nSPS) is 19.5. The predicted molar refractivity (Wildman–Crippen MR) is 71.7 cm³/mol. The number of nitrogen functional groups attached to an aromatic ring is 1. The average molecular weight is 265 g/mol. The summed E-state index contributed by atoms with van der Waals surface area (Å²) in [7, 11) is 0. The van der Waals surface area contributed by atoms with Crippen LogP contribution in [0.25, 0.3) is 0 Å². The smallest absolute Gasteiger partial charge is 0.245 e. The summed E-state index contributed by atoms with van der Waals surface area (Å²) in [5, 5.41) is 2.88. The number of aromatic nitrogens is 2. The van der Waals surface area contributed by atoms with Gasteiger partial charge in [-0.1, -0.05) is 0 Å². The van der Waals surface area contributed by atoms with Gasteiger partial charge < -0.3 is 20.7 Å². The maximum Gasteiger partial charge on any atom is 0.245 e. The lowest BCUT2D eigenvalue weighted by Gasteiger charge is -2.34. The molecular formula is C12H19N5O2. The molecule has 1 atom stereocenters. The molecule has 1 aromatic rings. The summed E-state index contributed by atoms with van der Waals surface area (Å²) >= 11 is 0. The molecule has 1 saturated heterocycles. The molecule has 1 aliphatic rings. The highest BCUT2D eigenvalue weighted by Crippen LogP contribution is 2.16. The SMILES string of the molecule is CC(C)NC(=O)C1COCCN1c1nccc(N)n1. The van der Waals surface area contributed by atoms with E-state index >= 15 is 0 Å². The zero-order valence-corrected chi connectivity index (χ0v) is 11.2. The van der Waals surface area contributed by atoms with E-state index in [-0.39, 0.29) is 11.9 Å². The fourth-order valence-corrected chi connectivity index (χ4v) is 1.94. The van der Waals surface area contributed by atoms with Crippen LogP contribution in [-0.4, -0.2) is 47.7 Å². The van der Waals surface area contributed by atoms with Gasteiger partial charge in [0.2, 0.25) is 11.9 Å². The number of carbonyl (C=O) groups excluding carboxylic acids is 1. The Hall–Kier alpha value is -1.89. The van der Waals surface area contributed by atoms with E-state index < -0.39 is 6.04 Å². The van der Waals surface area contributed by atoms with E-state index in [1.807, 2.05) is 18.7 Å². The first-order valence-corrected chi connectivity index (χ1v) is 6.31. The second kappa shape index (κ2) is 5.83. The molecule has 1 amide bonds. The van der Waals surface area contributed by atoms with Crippen molar-refractivity contribution in [2.24, 2.45) is 0 Å². The molecule has 3 N–H and O–H groups in total. The van der Waals surface area contributed by atoms with E-state index in [0.717, 1.165) is 0 Å². The largest absolute Gasteiger partial charge is 0.384 e. The molecule has 0 aromatic carbocycles. The van der Waals surface area contributed by atoms with Crippen molar-refractivity contribution in [2.75, 3.05) is 30.4 Å². The number of rotatable bonds is 3. The van der Waals surface area contributed by atoms with Gasteiger partial charge in [-0.05, 0) is 19.9 Å². The third kappa shape index (κ3) is 3.31. The lowest BCUT2D eigenvalue weighted by atomic mass is 10.2. The first kappa shape index (κ1) is 13.5. The molecule has 1 fully saturated rings. The fourth-order valence-electron chi connectivity index (χ4n) is 1.94.